The second kappa shape index (κ2) is 6.76. The molecule has 0 aromatic heterocycles. The van der Waals surface area contributed by atoms with E-state index in [0.717, 1.165) is 5.56 Å². The SMILES string of the molecule is COc1ccc(C=C2C(=O)N(c3cccc(F)c3)N=C2C)c(OC)c1. The van der Waals surface area contributed by atoms with Crippen molar-refractivity contribution in [2.24, 2.45) is 5.10 Å². The number of halogens is 1. The Labute approximate surface area is 145 Å². The van der Waals surface area contributed by atoms with E-state index in [1.54, 1.807) is 51.5 Å². The van der Waals surface area contributed by atoms with E-state index in [1.165, 1.54) is 23.2 Å². The molecule has 1 amide bonds. The van der Waals surface area contributed by atoms with Crippen molar-refractivity contribution in [1.82, 2.24) is 0 Å². The molecule has 0 saturated heterocycles. The topological polar surface area (TPSA) is 51.1 Å². The highest BCUT2D eigenvalue weighted by Gasteiger charge is 2.29. The first-order chi connectivity index (χ1) is 12.0. The van der Waals surface area contributed by atoms with Crippen molar-refractivity contribution >= 4 is 23.4 Å². The zero-order valence-electron chi connectivity index (χ0n) is 14.1. The first kappa shape index (κ1) is 16.7. The predicted molar refractivity (Wildman–Crippen MR) is 94.5 cm³/mol. The maximum atomic E-state index is 13.4. The normalized spacial score (nSPS) is 15.5. The van der Waals surface area contributed by atoms with E-state index in [-0.39, 0.29) is 5.91 Å². The minimum atomic E-state index is -0.424. The molecule has 1 heterocycles. The number of carbonyl (C=O) groups excluding carboxylic acids is 1. The molecule has 128 valence electrons. The highest BCUT2D eigenvalue weighted by atomic mass is 19.1. The van der Waals surface area contributed by atoms with E-state index in [9.17, 15) is 9.18 Å². The maximum absolute atomic E-state index is 13.4. The molecular formula is C19H17FN2O3. The van der Waals surface area contributed by atoms with Gasteiger partial charge in [-0.3, -0.25) is 4.79 Å². The summed E-state index contributed by atoms with van der Waals surface area (Å²) in [5.74, 6) is 0.494. The van der Waals surface area contributed by atoms with E-state index < -0.39 is 5.82 Å². The summed E-state index contributed by atoms with van der Waals surface area (Å²) in [4.78, 5) is 12.7. The molecule has 5 nitrogen and oxygen atoms in total. The molecule has 0 saturated carbocycles. The lowest BCUT2D eigenvalue weighted by Gasteiger charge is -2.12. The van der Waals surface area contributed by atoms with Crippen LogP contribution < -0.4 is 14.5 Å². The molecule has 2 aromatic rings. The van der Waals surface area contributed by atoms with Gasteiger partial charge in [0.15, 0.2) is 0 Å². The van der Waals surface area contributed by atoms with Crippen molar-refractivity contribution in [2.75, 3.05) is 19.2 Å². The summed E-state index contributed by atoms with van der Waals surface area (Å²) >= 11 is 0. The van der Waals surface area contributed by atoms with Crippen molar-refractivity contribution in [3.8, 4) is 11.5 Å². The molecule has 0 unspecified atom stereocenters. The van der Waals surface area contributed by atoms with Gasteiger partial charge in [0.25, 0.3) is 5.91 Å². The number of amides is 1. The highest BCUT2D eigenvalue weighted by molar-refractivity contribution is 6.32. The fourth-order valence-corrected chi connectivity index (χ4v) is 2.56. The lowest BCUT2D eigenvalue weighted by molar-refractivity contribution is -0.114. The van der Waals surface area contributed by atoms with E-state index in [4.69, 9.17) is 9.47 Å². The standard InChI is InChI=1S/C19H17FN2O3/c1-12-17(9-13-7-8-16(24-2)11-18(13)25-3)19(23)22(21-12)15-6-4-5-14(20)10-15/h4-11H,1-3H3. The molecule has 3 rings (SSSR count). The van der Waals surface area contributed by atoms with Crippen LogP contribution in [0.3, 0.4) is 0 Å². The van der Waals surface area contributed by atoms with E-state index in [0.29, 0.717) is 28.5 Å². The van der Waals surface area contributed by atoms with Crippen molar-refractivity contribution in [3.63, 3.8) is 0 Å². The van der Waals surface area contributed by atoms with Gasteiger partial charge in [0.1, 0.15) is 17.3 Å². The molecule has 1 aliphatic heterocycles. The third kappa shape index (κ3) is 3.24. The Bertz CT molecular complexity index is 890. The van der Waals surface area contributed by atoms with Gasteiger partial charge in [-0.1, -0.05) is 6.07 Å². The Kier molecular flexibility index (Phi) is 4.52. The van der Waals surface area contributed by atoms with Gasteiger partial charge in [0.2, 0.25) is 0 Å². The number of rotatable bonds is 4. The summed E-state index contributed by atoms with van der Waals surface area (Å²) in [6.45, 7) is 1.74. The van der Waals surface area contributed by atoms with Crippen LogP contribution in [0.1, 0.15) is 12.5 Å². The van der Waals surface area contributed by atoms with Crippen molar-refractivity contribution in [1.29, 1.82) is 0 Å². The molecule has 0 fully saturated rings. The molecule has 0 spiro atoms. The van der Waals surface area contributed by atoms with Crippen LogP contribution in [0.5, 0.6) is 11.5 Å². The molecule has 1 aliphatic rings. The van der Waals surface area contributed by atoms with Gasteiger partial charge in [-0.25, -0.2) is 4.39 Å². The molecule has 25 heavy (non-hydrogen) atoms. The number of carbonyl (C=O) groups is 1. The Morgan fingerprint density at radius 1 is 1.12 bits per heavy atom. The van der Waals surface area contributed by atoms with Crippen LogP contribution in [-0.4, -0.2) is 25.8 Å². The molecule has 0 atom stereocenters. The lowest BCUT2D eigenvalue weighted by Crippen LogP contribution is -2.21. The van der Waals surface area contributed by atoms with E-state index in [1.807, 2.05) is 0 Å². The number of ether oxygens (including phenoxy) is 2. The summed E-state index contributed by atoms with van der Waals surface area (Å²) in [5, 5.41) is 5.44. The fraction of sp³-hybridized carbons (Fsp3) is 0.158. The summed E-state index contributed by atoms with van der Waals surface area (Å²) in [6.07, 6.45) is 1.71. The van der Waals surface area contributed by atoms with Crippen molar-refractivity contribution in [2.45, 2.75) is 6.92 Å². The largest absolute Gasteiger partial charge is 0.497 e. The number of hydrazone groups is 1. The number of benzene rings is 2. The fourth-order valence-electron chi connectivity index (χ4n) is 2.56. The highest BCUT2D eigenvalue weighted by Crippen LogP contribution is 2.30. The van der Waals surface area contributed by atoms with Crippen LogP contribution in [0, 0.1) is 5.82 Å². The quantitative estimate of drug-likeness (QED) is 0.798. The molecule has 0 aliphatic carbocycles. The van der Waals surface area contributed by atoms with Gasteiger partial charge in [0, 0.05) is 11.6 Å². The van der Waals surface area contributed by atoms with Gasteiger partial charge in [-0.15, -0.1) is 0 Å². The summed E-state index contributed by atoms with van der Waals surface area (Å²) in [7, 11) is 3.12. The van der Waals surface area contributed by atoms with Crippen LogP contribution in [-0.2, 0) is 4.79 Å². The van der Waals surface area contributed by atoms with Crippen molar-refractivity contribution in [3.05, 3.63) is 59.4 Å². The van der Waals surface area contributed by atoms with Gasteiger partial charge in [-0.2, -0.15) is 10.1 Å². The van der Waals surface area contributed by atoms with Gasteiger partial charge < -0.3 is 9.47 Å². The number of methoxy groups -OCH3 is 2. The summed E-state index contributed by atoms with van der Waals surface area (Å²) in [5.41, 5.74) is 2.08. The molecular weight excluding hydrogens is 323 g/mol. The second-order valence-electron chi connectivity index (χ2n) is 5.45. The average Bonchev–Trinajstić information content (AvgIpc) is 2.90. The zero-order chi connectivity index (χ0) is 18.0. The molecule has 2 aromatic carbocycles. The Balaban J connectivity index is 1.98. The summed E-state index contributed by atoms with van der Waals surface area (Å²) < 4.78 is 24.0. The molecule has 0 bridgehead atoms. The smallest absolute Gasteiger partial charge is 0.280 e. The number of hydrogen-bond acceptors (Lipinski definition) is 4. The minimum Gasteiger partial charge on any atom is -0.497 e. The van der Waals surface area contributed by atoms with Crippen LogP contribution in [0.2, 0.25) is 0 Å². The van der Waals surface area contributed by atoms with E-state index >= 15 is 0 Å². The Morgan fingerprint density at radius 2 is 1.92 bits per heavy atom. The third-order valence-corrected chi connectivity index (χ3v) is 3.86. The molecule has 0 radical (unpaired) electrons. The summed E-state index contributed by atoms with van der Waals surface area (Å²) in [6, 6.07) is 11.1. The number of nitrogens with zero attached hydrogens (tertiary/aromatic N) is 2. The van der Waals surface area contributed by atoms with Crippen LogP contribution >= 0.6 is 0 Å². The maximum Gasteiger partial charge on any atom is 0.280 e. The molecule has 6 heteroatoms. The van der Waals surface area contributed by atoms with Crippen molar-refractivity contribution < 1.29 is 18.7 Å². The monoisotopic (exact) mass is 340 g/mol. The minimum absolute atomic E-state index is 0.319. The Morgan fingerprint density at radius 3 is 2.60 bits per heavy atom. The zero-order valence-corrected chi connectivity index (χ0v) is 14.1. The first-order valence-corrected chi connectivity index (χ1v) is 7.63. The predicted octanol–water partition coefficient (Wildman–Crippen LogP) is 3.65. The second-order valence-corrected chi connectivity index (χ2v) is 5.45. The lowest BCUT2D eigenvalue weighted by atomic mass is 10.1. The van der Waals surface area contributed by atoms with Gasteiger partial charge in [-0.05, 0) is 43.3 Å². The molecule has 0 N–H and O–H groups in total. The van der Waals surface area contributed by atoms with E-state index in [2.05, 4.69) is 5.10 Å². The number of anilines is 1. The first-order valence-electron chi connectivity index (χ1n) is 7.63. The van der Waals surface area contributed by atoms with Crippen LogP contribution in [0.4, 0.5) is 10.1 Å². The van der Waals surface area contributed by atoms with Gasteiger partial charge >= 0.3 is 0 Å². The van der Waals surface area contributed by atoms with Gasteiger partial charge in [0.05, 0.1) is 31.2 Å². The average molecular weight is 340 g/mol. The Hall–Kier alpha value is -3.15. The van der Waals surface area contributed by atoms with Crippen LogP contribution in [0.15, 0.2) is 53.1 Å². The van der Waals surface area contributed by atoms with Crippen LogP contribution in [0.25, 0.3) is 6.08 Å². The third-order valence-electron chi connectivity index (χ3n) is 3.86. The number of hydrogen-bond donors (Lipinski definition) is 0.